The highest BCUT2D eigenvalue weighted by Crippen LogP contribution is 2.38. The van der Waals surface area contributed by atoms with Gasteiger partial charge in [0.05, 0.1) is 6.26 Å². The lowest BCUT2D eigenvalue weighted by Gasteiger charge is -2.13. The van der Waals surface area contributed by atoms with Gasteiger partial charge in [0.2, 0.25) is 0 Å². The third-order valence-electron chi connectivity index (χ3n) is 0.788. The molecule has 0 N–H and O–H groups in total. The molecular formula is C4HF6OSi. The summed E-state index contributed by atoms with van der Waals surface area (Å²) in [6.45, 7) is 0. The van der Waals surface area contributed by atoms with Crippen molar-refractivity contribution >= 4 is 10.5 Å². The summed E-state index contributed by atoms with van der Waals surface area (Å²) in [6.07, 6.45) is -11.4. The summed E-state index contributed by atoms with van der Waals surface area (Å²) < 4.78 is 72.5. The molecule has 0 aromatic heterocycles. The Morgan fingerprint density at radius 2 is 1.33 bits per heavy atom. The largest absolute Gasteiger partial charge is 0.545 e. The zero-order valence-electron chi connectivity index (χ0n) is 5.25. The van der Waals surface area contributed by atoms with E-state index >= 15 is 0 Å². The van der Waals surface area contributed by atoms with Crippen molar-refractivity contribution in [3.05, 3.63) is 11.8 Å². The predicted molar refractivity (Wildman–Crippen MR) is 27.0 cm³/mol. The van der Waals surface area contributed by atoms with Crippen molar-refractivity contribution in [2.24, 2.45) is 0 Å². The van der Waals surface area contributed by atoms with E-state index in [4.69, 9.17) is 0 Å². The fourth-order valence-electron chi connectivity index (χ4n) is 0.353. The molecule has 0 saturated heterocycles. The minimum absolute atomic E-state index is 0.461. The van der Waals surface area contributed by atoms with Crippen molar-refractivity contribution in [1.29, 1.82) is 0 Å². The van der Waals surface area contributed by atoms with Gasteiger partial charge >= 0.3 is 22.8 Å². The van der Waals surface area contributed by atoms with Gasteiger partial charge in [0, 0.05) is 0 Å². The summed E-state index contributed by atoms with van der Waals surface area (Å²) in [5, 5.41) is 0. The van der Waals surface area contributed by atoms with Crippen LogP contribution >= 0.6 is 0 Å². The van der Waals surface area contributed by atoms with Gasteiger partial charge in [0.25, 0.3) is 0 Å². The monoisotopic (exact) mass is 207 g/mol. The van der Waals surface area contributed by atoms with Gasteiger partial charge in [-0.3, -0.25) is 0 Å². The van der Waals surface area contributed by atoms with E-state index in [2.05, 4.69) is 4.43 Å². The van der Waals surface area contributed by atoms with Crippen molar-refractivity contribution < 1.29 is 30.8 Å². The Labute approximate surface area is 66.5 Å². The molecule has 0 fully saturated rings. The summed E-state index contributed by atoms with van der Waals surface area (Å²) in [5.74, 6) is 0. The van der Waals surface area contributed by atoms with Crippen LogP contribution in [0.2, 0.25) is 0 Å². The fourth-order valence-corrected chi connectivity index (χ4v) is 0.471. The van der Waals surface area contributed by atoms with E-state index in [0.29, 0.717) is 0 Å². The minimum Gasteiger partial charge on any atom is -0.545 e. The maximum Gasteiger partial charge on any atom is 0.424 e. The van der Waals surface area contributed by atoms with E-state index in [1.54, 1.807) is 0 Å². The molecule has 0 atom stereocenters. The maximum atomic E-state index is 11.5. The molecule has 0 amide bonds. The van der Waals surface area contributed by atoms with Gasteiger partial charge in [-0.05, 0) is 0 Å². The second kappa shape index (κ2) is 3.38. The van der Waals surface area contributed by atoms with Crippen LogP contribution in [-0.4, -0.2) is 22.8 Å². The Balaban J connectivity index is 4.83. The summed E-state index contributed by atoms with van der Waals surface area (Å²) >= 11 is 0. The van der Waals surface area contributed by atoms with Crippen molar-refractivity contribution in [1.82, 2.24) is 0 Å². The van der Waals surface area contributed by atoms with Crippen LogP contribution < -0.4 is 0 Å². The lowest BCUT2D eigenvalue weighted by atomic mass is 10.3. The van der Waals surface area contributed by atoms with Crippen LogP contribution in [0.15, 0.2) is 11.8 Å². The Bertz CT molecular complexity index is 163. The van der Waals surface area contributed by atoms with Gasteiger partial charge in [-0.2, -0.15) is 26.3 Å². The average Bonchev–Trinajstić information content (AvgIpc) is 1.77. The summed E-state index contributed by atoms with van der Waals surface area (Å²) in [5.41, 5.74) is -2.70. The van der Waals surface area contributed by atoms with Gasteiger partial charge in [-0.1, -0.05) is 0 Å². The van der Waals surface area contributed by atoms with E-state index in [-0.39, 0.29) is 0 Å². The molecule has 0 heterocycles. The van der Waals surface area contributed by atoms with E-state index in [0.717, 1.165) is 0 Å². The summed E-state index contributed by atoms with van der Waals surface area (Å²) in [7, 11) is 2.00. The number of rotatable bonds is 1. The molecule has 0 aromatic carbocycles. The molecule has 0 unspecified atom stereocenters. The zero-order valence-corrected chi connectivity index (χ0v) is 6.25. The standard InChI is InChI=1S/C4HF6OSi/c5-3(6,7)2(1-11-12)4(8,9)10/h1H. The lowest BCUT2D eigenvalue weighted by molar-refractivity contribution is -0.173. The van der Waals surface area contributed by atoms with Crippen LogP contribution in [0.1, 0.15) is 0 Å². The van der Waals surface area contributed by atoms with E-state index in [1.807, 2.05) is 10.5 Å². The molecule has 1 nitrogen and oxygen atoms in total. The van der Waals surface area contributed by atoms with Gasteiger partial charge in [-0.15, -0.1) is 0 Å². The Morgan fingerprint density at radius 1 is 1.00 bits per heavy atom. The van der Waals surface area contributed by atoms with Crippen LogP contribution in [0.3, 0.4) is 0 Å². The molecule has 3 radical (unpaired) electrons. The molecule has 0 aliphatic rings. The topological polar surface area (TPSA) is 9.23 Å². The number of alkyl halides is 6. The van der Waals surface area contributed by atoms with E-state index < -0.39 is 24.2 Å². The first-order valence-electron chi connectivity index (χ1n) is 2.36. The Hall–Kier alpha value is -0.663. The quantitative estimate of drug-likeness (QED) is 0.363. The van der Waals surface area contributed by atoms with Crippen LogP contribution in [0.25, 0.3) is 0 Å². The van der Waals surface area contributed by atoms with E-state index in [1.165, 1.54) is 0 Å². The molecule has 8 heteroatoms. The number of halogens is 6. The second-order valence-corrected chi connectivity index (χ2v) is 1.88. The summed E-state index contributed by atoms with van der Waals surface area (Å²) in [4.78, 5) is 0. The Kier molecular flexibility index (Phi) is 3.19. The van der Waals surface area contributed by atoms with Gasteiger partial charge in [0.15, 0.2) is 5.57 Å². The number of hydrogen-bond acceptors (Lipinski definition) is 1. The molecule has 0 aliphatic carbocycles. The zero-order chi connectivity index (χ0) is 9.99. The number of allylic oxidation sites excluding steroid dienone is 1. The molecule has 0 aromatic rings. The molecular weight excluding hydrogens is 206 g/mol. The SMILES string of the molecule is FC(F)(F)C(=CO[Si])C(F)(F)F. The molecule has 0 spiro atoms. The Morgan fingerprint density at radius 3 is 1.42 bits per heavy atom. The smallest absolute Gasteiger partial charge is 0.424 e. The summed E-state index contributed by atoms with van der Waals surface area (Å²) in [6, 6.07) is 0. The molecule has 0 rings (SSSR count). The van der Waals surface area contributed by atoms with Gasteiger partial charge in [-0.25, -0.2) is 0 Å². The van der Waals surface area contributed by atoms with Crippen molar-refractivity contribution in [3.8, 4) is 0 Å². The van der Waals surface area contributed by atoms with Gasteiger partial charge in [0.1, 0.15) is 0 Å². The third kappa shape index (κ3) is 3.16. The predicted octanol–water partition coefficient (Wildman–Crippen LogP) is 2.09. The van der Waals surface area contributed by atoms with Crippen LogP contribution in [0.4, 0.5) is 26.3 Å². The van der Waals surface area contributed by atoms with Crippen LogP contribution in [0, 0.1) is 0 Å². The van der Waals surface area contributed by atoms with Crippen molar-refractivity contribution in [3.63, 3.8) is 0 Å². The van der Waals surface area contributed by atoms with Crippen molar-refractivity contribution in [2.45, 2.75) is 12.4 Å². The fraction of sp³-hybridized carbons (Fsp3) is 0.500. The lowest BCUT2D eigenvalue weighted by Crippen LogP contribution is -2.26. The van der Waals surface area contributed by atoms with Gasteiger partial charge < -0.3 is 4.43 Å². The molecule has 0 saturated carbocycles. The molecule has 69 valence electrons. The molecule has 0 bridgehead atoms. The minimum atomic E-state index is -5.47. The highest BCUT2D eigenvalue weighted by Gasteiger charge is 2.51. The highest BCUT2D eigenvalue weighted by molar-refractivity contribution is 5.98. The first-order valence-corrected chi connectivity index (χ1v) is 2.77. The van der Waals surface area contributed by atoms with Crippen molar-refractivity contribution in [2.75, 3.05) is 0 Å². The van der Waals surface area contributed by atoms with E-state index in [9.17, 15) is 26.3 Å². The first-order chi connectivity index (χ1) is 5.19. The maximum absolute atomic E-state index is 11.5. The number of hydrogen-bond donors (Lipinski definition) is 0. The van der Waals surface area contributed by atoms with Crippen LogP contribution in [0.5, 0.6) is 0 Å². The first kappa shape index (κ1) is 11.3. The second-order valence-electron chi connectivity index (χ2n) is 1.64. The molecule has 0 aliphatic heterocycles. The average molecular weight is 207 g/mol. The normalized spacial score (nSPS) is 12.6. The molecule has 12 heavy (non-hydrogen) atoms. The van der Waals surface area contributed by atoms with Crippen LogP contribution in [-0.2, 0) is 4.43 Å². The highest BCUT2D eigenvalue weighted by atomic mass is 28.2. The third-order valence-corrected chi connectivity index (χ3v) is 0.905.